The fourth-order valence-electron chi connectivity index (χ4n) is 1.39. The minimum absolute atomic E-state index is 0.156. The molecule has 2 rings (SSSR count). The van der Waals surface area contributed by atoms with Crippen molar-refractivity contribution in [3.8, 4) is 0 Å². The summed E-state index contributed by atoms with van der Waals surface area (Å²) < 4.78 is 3.81. The monoisotopic (exact) mass is 263 g/mol. The lowest BCUT2D eigenvalue weighted by Crippen LogP contribution is -2.14. The smallest absolute Gasteiger partial charge is 0.270 e. The maximum Gasteiger partial charge on any atom is 0.270 e. The molecule has 0 unspecified atom stereocenters. The maximum absolute atomic E-state index is 12.0. The molecule has 2 aromatic rings. The van der Waals surface area contributed by atoms with Crippen molar-refractivity contribution in [2.24, 2.45) is 0 Å². The van der Waals surface area contributed by atoms with E-state index in [4.69, 9.17) is 5.73 Å². The molecule has 0 aromatic carbocycles. The quantitative estimate of drug-likeness (QED) is 0.882. The predicted octanol–water partition coefficient (Wildman–Crippen LogP) is 1.89. The zero-order chi connectivity index (χ0) is 13.1. The Morgan fingerprint density at radius 3 is 2.83 bits per heavy atom. The van der Waals surface area contributed by atoms with Crippen LogP contribution in [0, 0.1) is 0 Å². The summed E-state index contributed by atoms with van der Waals surface area (Å²) in [7, 11) is 0. The Labute approximate surface area is 108 Å². The number of nitrogen functional groups attached to an aromatic ring is 1. The molecular formula is C11H13N5OS. The molecule has 0 bridgehead atoms. The maximum atomic E-state index is 12.0. The molecule has 7 heteroatoms. The summed E-state index contributed by atoms with van der Waals surface area (Å²) in [6, 6.07) is 3.33. The van der Waals surface area contributed by atoms with Gasteiger partial charge in [-0.3, -0.25) is 4.79 Å². The van der Waals surface area contributed by atoms with Crippen molar-refractivity contribution in [2.45, 2.75) is 19.8 Å². The topological polar surface area (TPSA) is 93.8 Å². The third-order valence-electron chi connectivity index (χ3n) is 2.29. The van der Waals surface area contributed by atoms with Gasteiger partial charge in [0.1, 0.15) is 10.7 Å². The first-order valence-corrected chi connectivity index (χ1v) is 6.20. The molecule has 94 valence electrons. The number of pyridine rings is 1. The molecule has 2 aromatic heterocycles. The van der Waals surface area contributed by atoms with Gasteiger partial charge in [0.15, 0.2) is 0 Å². The second-order valence-electron chi connectivity index (χ2n) is 4.07. The van der Waals surface area contributed by atoms with Gasteiger partial charge < -0.3 is 11.1 Å². The molecule has 3 N–H and O–H groups in total. The van der Waals surface area contributed by atoms with Crippen LogP contribution in [-0.4, -0.2) is 20.5 Å². The van der Waals surface area contributed by atoms with Crippen LogP contribution in [0.2, 0.25) is 0 Å². The summed E-state index contributed by atoms with van der Waals surface area (Å²) in [5, 5.41) is 6.65. The van der Waals surface area contributed by atoms with Crippen LogP contribution in [0.3, 0.4) is 0 Å². The average Bonchev–Trinajstić information content (AvgIpc) is 2.81. The molecule has 0 fully saturated rings. The summed E-state index contributed by atoms with van der Waals surface area (Å²) in [4.78, 5) is 16.6. The number of anilines is 2. The molecule has 0 spiro atoms. The van der Waals surface area contributed by atoms with Crippen LogP contribution < -0.4 is 11.1 Å². The predicted molar refractivity (Wildman–Crippen MR) is 70.6 cm³/mol. The minimum Gasteiger partial charge on any atom is -0.397 e. The Bertz CT molecular complexity index is 549. The van der Waals surface area contributed by atoms with Crippen LogP contribution in [0.15, 0.2) is 18.3 Å². The van der Waals surface area contributed by atoms with Crippen molar-refractivity contribution < 1.29 is 4.79 Å². The molecule has 0 aliphatic heterocycles. The molecule has 0 aliphatic carbocycles. The zero-order valence-corrected chi connectivity index (χ0v) is 10.9. The number of rotatable bonds is 3. The SMILES string of the molecule is CC(C)c1nnsc1C(=O)Nc1ccc(N)cn1. The summed E-state index contributed by atoms with van der Waals surface area (Å²) >= 11 is 1.08. The van der Waals surface area contributed by atoms with Crippen LogP contribution in [0.4, 0.5) is 11.5 Å². The number of hydrogen-bond donors (Lipinski definition) is 2. The van der Waals surface area contributed by atoms with Gasteiger partial charge in [-0.25, -0.2) is 4.98 Å². The number of amides is 1. The number of nitrogens with zero attached hydrogens (tertiary/aromatic N) is 3. The third-order valence-corrected chi connectivity index (χ3v) is 3.03. The molecule has 2 heterocycles. The van der Waals surface area contributed by atoms with Gasteiger partial charge in [-0.1, -0.05) is 18.3 Å². The first-order valence-electron chi connectivity index (χ1n) is 5.43. The second kappa shape index (κ2) is 5.09. The van der Waals surface area contributed by atoms with E-state index in [1.807, 2.05) is 13.8 Å². The summed E-state index contributed by atoms with van der Waals surface area (Å²) in [6.07, 6.45) is 1.49. The van der Waals surface area contributed by atoms with E-state index in [1.54, 1.807) is 12.1 Å². The van der Waals surface area contributed by atoms with E-state index in [2.05, 4.69) is 19.9 Å². The number of nitrogens with two attached hydrogens (primary N) is 1. The Hall–Kier alpha value is -2.02. The lowest BCUT2D eigenvalue weighted by atomic mass is 10.1. The van der Waals surface area contributed by atoms with Gasteiger partial charge >= 0.3 is 0 Å². The Morgan fingerprint density at radius 2 is 2.22 bits per heavy atom. The molecule has 0 radical (unpaired) electrons. The summed E-state index contributed by atoms with van der Waals surface area (Å²) in [5.41, 5.74) is 6.78. The molecule has 0 aliphatic rings. The number of carbonyl (C=O) groups is 1. The van der Waals surface area contributed by atoms with Crippen LogP contribution in [-0.2, 0) is 0 Å². The number of aromatic nitrogens is 3. The van der Waals surface area contributed by atoms with E-state index in [-0.39, 0.29) is 11.8 Å². The van der Waals surface area contributed by atoms with Gasteiger partial charge in [-0.15, -0.1) is 5.10 Å². The highest BCUT2D eigenvalue weighted by Crippen LogP contribution is 2.20. The van der Waals surface area contributed by atoms with E-state index in [1.165, 1.54) is 6.20 Å². The lowest BCUT2D eigenvalue weighted by Gasteiger charge is -2.05. The normalized spacial score (nSPS) is 10.6. The van der Waals surface area contributed by atoms with E-state index in [0.717, 1.165) is 11.5 Å². The van der Waals surface area contributed by atoms with Gasteiger partial charge in [-0.05, 0) is 29.6 Å². The number of carbonyl (C=O) groups excluding carboxylic acids is 1. The van der Waals surface area contributed by atoms with Crippen molar-refractivity contribution in [3.63, 3.8) is 0 Å². The largest absolute Gasteiger partial charge is 0.397 e. The van der Waals surface area contributed by atoms with E-state index in [9.17, 15) is 4.79 Å². The van der Waals surface area contributed by atoms with Crippen molar-refractivity contribution in [1.29, 1.82) is 0 Å². The Balaban J connectivity index is 2.17. The lowest BCUT2D eigenvalue weighted by molar-refractivity contribution is 0.102. The fraction of sp³-hybridized carbons (Fsp3) is 0.273. The fourth-order valence-corrected chi connectivity index (χ4v) is 2.10. The summed E-state index contributed by atoms with van der Waals surface area (Å²) in [6.45, 7) is 3.93. The molecule has 18 heavy (non-hydrogen) atoms. The molecule has 1 amide bonds. The van der Waals surface area contributed by atoms with Crippen molar-refractivity contribution in [2.75, 3.05) is 11.1 Å². The zero-order valence-electron chi connectivity index (χ0n) is 10.0. The minimum atomic E-state index is -0.244. The van der Waals surface area contributed by atoms with Crippen LogP contribution in [0.5, 0.6) is 0 Å². The molecule has 6 nitrogen and oxygen atoms in total. The van der Waals surface area contributed by atoms with Gasteiger partial charge in [0, 0.05) is 0 Å². The highest BCUT2D eigenvalue weighted by Gasteiger charge is 2.18. The third kappa shape index (κ3) is 2.62. The highest BCUT2D eigenvalue weighted by atomic mass is 32.1. The Morgan fingerprint density at radius 1 is 1.44 bits per heavy atom. The standard InChI is InChI=1S/C11H13N5OS/c1-6(2)9-10(18-16-15-9)11(17)14-8-4-3-7(12)5-13-8/h3-6H,12H2,1-2H3,(H,13,14,17). The van der Waals surface area contributed by atoms with Crippen molar-refractivity contribution in [1.82, 2.24) is 14.6 Å². The number of hydrogen-bond acceptors (Lipinski definition) is 6. The molecule has 0 saturated heterocycles. The van der Waals surface area contributed by atoms with Crippen LogP contribution in [0.1, 0.15) is 35.1 Å². The van der Waals surface area contributed by atoms with E-state index < -0.39 is 0 Å². The highest BCUT2D eigenvalue weighted by molar-refractivity contribution is 7.08. The average molecular weight is 263 g/mol. The van der Waals surface area contributed by atoms with Crippen molar-refractivity contribution in [3.05, 3.63) is 28.9 Å². The van der Waals surface area contributed by atoms with Gasteiger partial charge in [0.25, 0.3) is 5.91 Å². The van der Waals surface area contributed by atoms with Crippen LogP contribution in [0.25, 0.3) is 0 Å². The van der Waals surface area contributed by atoms with Crippen LogP contribution >= 0.6 is 11.5 Å². The molecule has 0 atom stereocenters. The molecular weight excluding hydrogens is 250 g/mol. The van der Waals surface area contributed by atoms with E-state index >= 15 is 0 Å². The first-order chi connectivity index (χ1) is 8.58. The summed E-state index contributed by atoms with van der Waals surface area (Å²) in [5.74, 6) is 0.368. The van der Waals surface area contributed by atoms with Gasteiger partial charge in [0.05, 0.1) is 17.6 Å². The number of nitrogens with one attached hydrogen (secondary N) is 1. The first kappa shape index (κ1) is 12.4. The van der Waals surface area contributed by atoms with Crippen molar-refractivity contribution >= 4 is 28.9 Å². The molecule has 0 saturated carbocycles. The van der Waals surface area contributed by atoms with Gasteiger partial charge in [-0.2, -0.15) is 0 Å². The van der Waals surface area contributed by atoms with Gasteiger partial charge in [0.2, 0.25) is 0 Å². The Kier molecular flexibility index (Phi) is 3.52. The van der Waals surface area contributed by atoms with E-state index in [0.29, 0.717) is 22.1 Å². The second-order valence-corrected chi connectivity index (χ2v) is 4.83.